The van der Waals surface area contributed by atoms with Gasteiger partial charge in [-0.3, -0.25) is 4.79 Å². The third-order valence-corrected chi connectivity index (χ3v) is 2.38. The Labute approximate surface area is 90.3 Å². The van der Waals surface area contributed by atoms with Crippen LogP contribution in [0, 0.1) is 0 Å². The number of Topliss-reactive ketones (excluding diaryl/α,β-unsaturated/α-hetero) is 1. The maximum atomic E-state index is 13.1. The molecule has 0 aliphatic rings. The van der Waals surface area contributed by atoms with Crippen molar-refractivity contribution < 1.29 is 9.18 Å². The van der Waals surface area contributed by atoms with Crippen LogP contribution >= 0.6 is 0 Å². The van der Waals surface area contributed by atoms with Crippen molar-refractivity contribution in [1.29, 1.82) is 0 Å². The zero-order valence-electron chi connectivity index (χ0n) is 9.08. The molecule has 0 saturated carbocycles. The lowest BCUT2D eigenvalue weighted by atomic mass is 10.0. The Hall–Kier alpha value is -1.18. The van der Waals surface area contributed by atoms with Crippen LogP contribution in [0.4, 0.5) is 4.39 Å². The van der Waals surface area contributed by atoms with Crippen molar-refractivity contribution in [2.45, 2.75) is 38.8 Å². The van der Waals surface area contributed by atoms with Crippen LogP contribution in [-0.2, 0) is 0 Å². The van der Waals surface area contributed by atoms with Crippen LogP contribution in [0.2, 0.25) is 0 Å². The molecule has 82 valence electrons. The van der Waals surface area contributed by atoms with E-state index in [4.69, 9.17) is 0 Å². The van der Waals surface area contributed by atoms with Crippen LogP contribution in [-0.4, -0.2) is 12.0 Å². The van der Waals surface area contributed by atoms with Crippen molar-refractivity contribution in [1.82, 2.24) is 0 Å². The van der Waals surface area contributed by atoms with Gasteiger partial charge in [0, 0.05) is 12.0 Å². The molecule has 1 aromatic carbocycles. The van der Waals surface area contributed by atoms with Gasteiger partial charge in [-0.1, -0.05) is 43.7 Å². The number of ketones is 1. The first-order valence-corrected chi connectivity index (χ1v) is 5.46. The first-order valence-electron chi connectivity index (χ1n) is 5.46. The standard InChI is InChI=1S/C13H17FO/c1-2-6-12(14)9-10-13(15)11-7-4-3-5-8-11/h3-5,7-8,12H,2,6,9-10H2,1H3/t12-/m1/s1. The predicted octanol–water partition coefficient (Wildman–Crippen LogP) is 3.79. The number of carbonyl (C=O) groups is 1. The van der Waals surface area contributed by atoms with Gasteiger partial charge in [0.1, 0.15) is 6.17 Å². The molecular formula is C13H17FO. The van der Waals surface area contributed by atoms with Crippen molar-refractivity contribution in [3.8, 4) is 0 Å². The van der Waals surface area contributed by atoms with Gasteiger partial charge in [0.15, 0.2) is 5.78 Å². The minimum Gasteiger partial charge on any atom is -0.294 e. The number of hydrogen-bond acceptors (Lipinski definition) is 1. The molecule has 0 unspecified atom stereocenters. The molecule has 0 heterocycles. The lowest BCUT2D eigenvalue weighted by molar-refractivity contribution is 0.0967. The molecule has 1 aromatic rings. The van der Waals surface area contributed by atoms with E-state index in [1.54, 1.807) is 12.1 Å². The molecule has 0 N–H and O–H groups in total. The lowest BCUT2D eigenvalue weighted by Gasteiger charge is -2.05. The van der Waals surface area contributed by atoms with Crippen molar-refractivity contribution in [3.05, 3.63) is 35.9 Å². The van der Waals surface area contributed by atoms with Gasteiger partial charge >= 0.3 is 0 Å². The summed E-state index contributed by atoms with van der Waals surface area (Å²) in [4.78, 5) is 11.6. The molecule has 0 amide bonds. The molecule has 0 radical (unpaired) electrons. The van der Waals surface area contributed by atoms with Crippen LogP contribution in [0.1, 0.15) is 43.0 Å². The van der Waals surface area contributed by atoms with Crippen molar-refractivity contribution in [2.75, 3.05) is 0 Å². The highest BCUT2D eigenvalue weighted by molar-refractivity contribution is 5.95. The Morgan fingerprint density at radius 3 is 2.53 bits per heavy atom. The Morgan fingerprint density at radius 1 is 1.27 bits per heavy atom. The van der Waals surface area contributed by atoms with Crippen LogP contribution in [0.15, 0.2) is 30.3 Å². The second kappa shape index (κ2) is 6.33. The highest BCUT2D eigenvalue weighted by atomic mass is 19.1. The fraction of sp³-hybridized carbons (Fsp3) is 0.462. The van der Waals surface area contributed by atoms with Crippen LogP contribution in [0.25, 0.3) is 0 Å². The van der Waals surface area contributed by atoms with Gasteiger partial charge in [0.05, 0.1) is 0 Å². The van der Waals surface area contributed by atoms with Crippen molar-refractivity contribution in [3.63, 3.8) is 0 Å². The number of halogens is 1. The van der Waals surface area contributed by atoms with E-state index in [9.17, 15) is 9.18 Å². The number of benzene rings is 1. The van der Waals surface area contributed by atoms with E-state index in [-0.39, 0.29) is 5.78 Å². The first-order chi connectivity index (χ1) is 7.24. The van der Waals surface area contributed by atoms with Crippen molar-refractivity contribution >= 4 is 5.78 Å². The SMILES string of the molecule is CCC[C@@H](F)CCC(=O)c1ccccc1. The molecule has 0 spiro atoms. The van der Waals surface area contributed by atoms with Gasteiger partial charge in [0.25, 0.3) is 0 Å². The summed E-state index contributed by atoms with van der Waals surface area (Å²) in [5.41, 5.74) is 0.682. The molecule has 0 bridgehead atoms. The molecule has 0 aliphatic carbocycles. The quantitative estimate of drug-likeness (QED) is 0.650. The average Bonchev–Trinajstić information content (AvgIpc) is 2.27. The molecule has 0 saturated heterocycles. The fourth-order valence-corrected chi connectivity index (χ4v) is 1.51. The molecule has 1 nitrogen and oxygen atoms in total. The molecule has 1 atom stereocenters. The molecule has 0 fully saturated rings. The summed E-state index contributed by atoms with van der Waals surface area (Å²) in [5.74, 6) is 0.0364. The smallest absolute Gasteiger partial charge is 0.162 e. The average molecular weight is 208 g/mol. The van der Waals surface area contributed by atoms with Gasteiger partial charge in [-0.25, -0.2) is 4.39 Å². The maximum Gasteiger partial charge on any atom is 0.162 e. The molecule has 0 aromatic heterocycles. The summed E-state index contributed by atoms with van der Waals surface area (Å²) in [5, 5.41) is 0. The second-order valence-electron chi connectivity index (χ2n) is 3.71. The zero-order chi connectivity index (χ0) is 11.1. The van der Waals surface area contributed by atoms with E-state index in [1.807, 2.05) is 25.1 Å². The number of alkyl halides is 1. The summed E-state index contributed by atoms with van der Waals surface area (Å²) in [7, 11) is 0. The normalized spacial score (nSPS) is 12.4. The highest BCUT2D eigenvalue weighted by Gasteiger charge is 2.10. The molecule has 1 rings (SSSR count). The second-order valence-corrected chi connectivity index (χ2v) is 3.71. The third kappa shape index (κ3) is 4.24. The van der Waals surface area contributed by atoms with Gasteiger partial charge < -0.3 is 0 Å². The Bertz CT molecular complexity index is 295. The molecular weight excluding hydrogens is 191 g/mol. The molecule has 2 heteroatoms. The largest absolute Gasteiger partial charge is 0.294 e. The van der Waals surface area contributed by atoms with Crippen LogP contribution in [0.5, 0.6) is 0 Å². The maximum absolute atomic E-state index is 13.1. The number of rotatable bonds is 6. The van der Waals surface area contributed by atoms with E-state index in [2.05, 4.69) is 0 Å². The van der Waals surface area contributed by atoms with E-state index >= 15 is 0 Å². The first kappa shape index (κ1) is 11.9. The van der Waals surface area contributed by atoms with Gasteiger partial charge in [-0.15, -0.1) is 0 Å². The summed E-state index contributed by atoms with van der Waals surface area (Å²) < 4.78 is 13.1. The topological polar surface area (TPSA) is 17.1 Å². The summed E-state index contributed by atoms with van der Waals surface area (Å²) >= 11 is 0. The van der Waals surface area contributed by atoms with Gasteiger partial charge in [0.2, 0.25) is 0 Å². The Morgan fingerprint density at radius 2 is 1.93 bits per heavy atom. The van der Waals surface area contributed by atoms with E-state index < -0.39 is 6.17 Å². The van der Waals surface area contributed by atoms with Crippen LogP contribution in [0.3, 0.4) is 0 Å². The minimum absolute atomic E-state index is 0.0364. The monoisotopic (exact) mass is 208 g/mol. The van der Waals surface area contributed by atoms with Gasteiger partial charge in [-0.2, -0.15) is 0 Å². The number of hydrogen-bond donors (Lipinski definition) is 0. The molecule has 15 heavy (non-hydrogen) atoms. The Kier molecular flexibility index (Phi) is 5.02. The van der Waals surface area contributed by atoms with E-state index in [1.165, 1.54) is 0 Å². The number of carbonyl (C=O) groups excluding carboxylic acids is 1. The van der Waals surface area contributed by atoms with Crippen LogP contribution < -0.4 is 0 Å². The highest BCUT2D eigenvalue weighted by Crippen LogP contribution is 2.12. The minimum atomic E-state index is -0.831. The van der Waals surface area contributed by atoms with E-state index in [0.29, 0.717) is 24.8 Å². The van der Waals surface area contributed by atoms with Gasteiger partial charge in [-0.05, 0) is 12.8 Å². The summed E-state index contributed by atoms with van der Waals surface area (Å²) in [6, 6.07) is 9.06. The third-order valence-electron chi connectivity index (χ3n) is 2.38. The Balaban J connectivity index is 2.37. The lowest BCUT2D eigenvalue weighted by Crippen LogP contribution is -2.05. The molecule has 0 aliphatic heterocycles. The fourth-order valence-electron chi connectivity index (χ4n) is 1.51. The van der Waals surface area contributed by atoms with E-state index in [0.717, 1.165) is 6.42 Å². The summed E-state index contributed by atoms with van der Waals surface area (Å²) in [6.45, 7) is 1.95. The predicted molar refractivity (Wildman–Crippen MR) is 59.8 cm³/mol. The van der Waals surface area contributed by atoms with Crippen molar-refractivity contribution in [2.24, 2.45) is 0 Å². The summed E-state index contributed by atoms with van der Waals surface area (Å²) in [6.07, 6.45) is 1.22. The zero-order valence-corrected chi connectivity index (χ0v) is 9.08.